The van der Waals surface area contributed by atoms with Gasteiger partial charge >= 0.3 is 0 Å². The molecular formula is C18H20BrNO2. The van der Waals surface area contributed by atoms with Gasteiger partial charge in [-0.2, -0.15) is 0 Å². The first-order chi connectivity index (χ1) is 10.5. The summed E-state index contributed by atoms with van der Waals surface area (Å²) in [4.78, 5) is 12.0. The fraction of sp³-hybridized carbons (Fsp3) is 0.278. The van der Waals surface area contributed by atoms with Crippen LogP contribution in [0.15, 0.2) is 46.9 Å². The Labute approximate surface area is 139 Å². The Kier molecular flexibility index (Phi) is 5.61. The van der Waals surface area contributed by atoms with Crippen molar-refractivity contribution in [2.45, 2.75) is 26.7 Å². The zero-order valence-corrected chi connectivity index (χ0v) is 14.6. The van der Waals surface area contributed by atoms with E-state index in [0.29, 0.717) is 5.92 Å². The number of nitrogens with one attached hydrogen (secondary N) is 1. The van der Waals surface area contributed by atoms with Crippen LogP contribution < -0.4 is 10.1 Å². The summed E-state index contributed by atoms with van der Waals surface area (Å²) in [7, 11) is 0. The van der Waals surface area contributed by atoms with Gasteiger partial charge in [0.2, 0.25) is 0 Å². The minimum atomic E-state index is -0.174. The zero-order valence-electron chi connectivity index (χ0n) is 13.0. The van der Waals surface area contributed by atoms with Crippen molar-refractivity contribution in [2.75, 3.05) is 11.9 Å². The SMILES string of the molecule is Cc1ccc(C(C)C)cc1OCC(=O)Nc1cccc(Br)c1. The molecule has 0 aromatic heterocycles. The number of carbonyl (C=O) groups is 1. The topological polar surface area (TPSA) is 38.3 Å². The molecule has 0 atom stereocenters. The van der Waals surface area contributed by atoms with Crippen molar-refractivity contribution in [1.29, 1.82) is 0 Å². The van der Waals surface area contributed by atoms with Crippen molar-refractivity contribution in [1.82, 2.24) is 0 Å². The summed E-state index contributed by atoms with van der Waals surface area (Å²) >= 11 is 3.38. The van der Waals surface area contributed by atoms with E-state index < -0.39 is 0 Å². The molecule has 2 aromatic rings. The van der Waals surface area contributed by atoms with Crippen LogP contribution in [-0.4, -0.2) is 12.5 Å². The third-order valence-corrected chi connectivity index (χ3v) is 3.84. The normalized spacial score (nSPS) is 10.6. The lowest BCUT2D eigenvalue weighted by atomic mass is 10.0. The monoisotopic (exact) mass is 361 g/mol. The van der Waals surface area contributed by atoms with Gasteiger partial charge < -0.3 is 10.1 Å². The first kappa shape index (κ1) is 16.6. The number of amides is 1. The largest absolute Gasteiger partial charge is 0.483 e. The highest BCUT2D eigenvalue weighted by Gasteiger charge is 2.08. The average Bonchev–Trinajstić information content (AvgIpc) is 2.46. The first-order valence-corrected chi connectivity index (χ1v) is 8.04. The fourth-order valence-corrected chi connectivity index (χ4v) is 2.44. The predicted molar refractivity (Wildman–Crippen MR) is 93.5 cm³/mol. The summed E-state index contributed by atoms with van der Waals surface area (Å²) < 4.78 is 6.59. The highest BCUT2D eigenvalue weighted by molar-refractivity contribution is 9.10. The van der Waals surface area contributed by atoms with Gasteiger partial charge in [-0.15, -0.1) is 0 Å². The number of rotatable bonds is 5. The number of hydrogen-bond donors (Lipinski definition) is 1. The lowest BCUT2D eigenvalue weighted by Crippen LogP contribution is -2.20. The number of ether oxygens (including phenoxy) is 1. The summed E-state index contributed by atoms with van der Waals surface area (Å²) in [5, 5.41) is 2.82. The third kappa shape index (κ3) is 4.60. The van der Waals surface area contributed by atoms with Gasteiger partial charge in [0, 0.05) is 10.2 Å². The zero-order chi connectivity index (χ0) is 16.1. The molecule has 0 radical (unpaired) electrons. The molecular weight excluding hydrogens is 342 g/mol. The van der Waals surface area contributed by atoms with E-state index in [1.54, 1.807) is 0 Å². The molecule has 0 aliphatic heterocycles. The lowest BCUT2D eigenvalue weighted by Gasteiger charge is -2.13. The molecule has 0 aliphatic rings. The molecule has 22 heavy (non-hydrogen) atoms. The summed E-state index contributed by atoms with van der Waals surface area (Å²) in [5.74, 6) is 1.02. The summed E-state index contributed by atoms with van der Waals surface area (Å²) in [5.41, 5.74) is 2.98. The molecule has 1 amide bonds. The van der Waals surface area contributed by atoms with E-state index in [0.717, 1.165) is 21.5 Å². The van der Waals surface area contributed by atoms with Crippen LogP contribution >= 0.6 is 15.9 Å². The fourth-order valence-electron chi connectivity index (χ4n) is 2.04. The molecule has 0 bridgehead atoms. The van der Waals surface area contributed by atoms with Crippen LogP contribution in [0.3, 0.4) is 0 Å². The van der Waals surface area contributed by atoms with Crippen LogP contribution in [0.5, 0.6) is 5.75 Å². The van der Waals surface area contributed by atoms with Crippen molar-refractivity contribution in [3.8, 4) is 5.75 Å². The number of hydrogen-bond acceptors (Lipinski definition) is 2. The number of aryl methyl sites for hydroxylation is 1. The predicted octanol–water partition coefficient (Wildman–Crippen LogP) is 4.90. The van der Waals surface area contributed by atoms with Gasteiger partial charge in [0.1, 0.15) is 5.75 Å². The van der Waals surface area contributed by atoms with Gasteiger partial charge in [-0.1, -0.05) is 48.0 Å². The molecule has 0 heterocycles. The smallest absolute Gasteiger partial charge is 0.262 e. The number of carbonyl (C=O) groups excluding carboxylic acids is 1. The minimum Gasteiger partial charge on any atom is -0.483 e. The molecule has 0 fully saturated rings. The van der Waals surface area contributed by atoms with Gasteiger partial charge in [-0.25, -0.2) is 0 Å². The molecule has 0 aliphatic carbocycles. The lowest BCUT2D eigenvalue weighted by molar-refractivity contribution is -0.118. The van der Waals surface area contributed by atoms with Gasteiger partial charge in [0.15, 0.2) is 6.61 Å². The molecule has 2 aromatic carbocycles. The van der Waals surface area contributed by atoms with Crippen molar-refractivity contribution < 1.29 is 9.53 Å². The second-order valence-electron chi connectivity index (χ2n) is 5.53. The molecule has 116 valence electrons. The van der Waals surface area contributed by atoms with Crippen molar-refractivity contribution in [2.24, 2.45) is 0 Å². The minimum absolute atomic E-state index is 0.00506. The number of benzene rings is 2. The average molecular weight is 362 g/mol. The van der Waals surface area contributed by atoms with E-state index in [-0.39, 0.29) is 12.5 Å². The maximum absolute atomic E-state index is 12.0. The van der Waals surface area contributed by atoms with Crippen LogP contribution in [0, 0.1) is 6.92 Å². The van der Waals surface area contributed by atoms with Crippen LogP contribution in [0.4, 0.5) is 5.69 Å². The maximum atomic E-state index is 12.0. The standard InChI is InChI=1S/C18H20BrNO2/c1-12(2)14-8-7-13(3)17(9-14)22-11-18(21)20-16-6-4-5-15(19)10-16/h4-10,12H,11H2,1-3H3,(H,20,21). The molecule has 0 saturated carbocycles. The Balaban J connectivity index is 1.97. The van der Waals surface area contributed by atoms with E-state index >= 15 is 0 Å². The summed E-state index contributed by atoms with van der Waals surface area (Å²) in [6, 6.07) is 13.6. The van der Waals surface area contributed by atoms with Crippen molar-refractivity contribution in [3.63, 3.8) is 0 Å². The molecule has 1 N–H and O–H groups in total. The van der Waals surface area contributed by atoms with Crippen LogP contribution in [0.25, 0.3) is 0 Å². The summed E-state index contributed by atoms with van der Waals surface area (Å²) in [6.45, 7) is 6.24. The Bertz CT molecular complexity index is 668. The Morgan fingerprint density at radius 2 is 2.00 bits per heavy atom. The second kappa shape index (κ2) is 7.45. The number of anilines is 1. The van der Waals surface area contributed by atoms with Crippen LogP contribution in [0.2, 0.25) is 0 Å². The molecule has 0 unspecified atom stereocenters. The van der Waals surface area contributed by atoms with Gasteiger partial charge in [-0.05, 0) is 48.2 Å². The Morgan fingerprint density at radius 3 is 2.68 bits per heavy atom. The van der Waals surface area contributed by atoms with Gasteiger partial charge in [0.25, 0.3) is 5.91 Å². The molecule has 3 nitrogen and oxygen atoms in total. The van der Waals surface area contributed by atoms with Crippen molar-refractivity contribution >= 4 is 27.5 Å². The van der Waals surface area contributed by atoms with E-state index in [9.17, 15) is 4.79 Å². The maximum Gasteiger partial charge on any atom is 0.262 e. The molecule has 4 heteroatoms. The van der Waals surface area contributed by atoms with Gasteiger partial charge in [-0.3, -0.25) is 4.79 Å². The molecule has 0 spiro atoms. The molecule has 0 saturated heterocycles. The van der Waals surface area contributed by atoms with E-state index in [4.69, 9.17) is 4.74 Å². The highest BCUT2D eigenvalue weighted by Crippen LogP contribution is 2.24. The first-order valence-electron chi connectivity index (χ1n) is 7.24. The highest BCUT2D eigenvalue weighted by atomic mass is 79.9. The van der Waals surface area contributed by atoms with E-state index in [1.165, 1.54) is 5.56 Å². The number of halogens is 1. The Morgan fingerprint density at radius 1 is 1.23 bits per heavy atom. The second-order valence-corrected chi connectivity index (χ2v) is 6.44. The summed E-state index contributed by atoms with van der Waals surface area (Å²) in [6.07, 6.45) is 0. The van der Waals surface area contributed by atoms with Crippen LogP contribution in [0.1, 0.15) is 30.9 Å². The van der Waals surface area contributed by atoms with E-state index in [1.807, 2.05) is 43.3 Å². The Hall–Kier alpha value is -1.81. The molecule has 2 rings (SSSR count). The van der Waals surface area contributed by atoms with Gasteiger partial charge in [0.05, 0.1) is 0 Å². The van der Waals surface area contributed by atoms with E-state index in [2.05, 4.69) is 41.2 Å². The quantitative estimate of drug-likeness (QED) is 0.822. The van der Waals surface area contributed by atoms with Crippen LogP contribution in [-0.2, 0) is 4.79 Å². The third-order valence-electron chi connectivity index (χ3n) is 3.35. The van der Waals surface area contributed by atoms with Crippen molar-refractivity contribution in [3.05, 3.63) is 58.1 Å².